The predicted octanol–water partition coefficient (Wildman–Crippen LogP) is 1.92. The molecule has 1 atom stereocenters. The van der Waals surface area contributed by atoms with Crippen molar-refractivity contribution < 1.29 is 9.53 Å². The molecule has 1 N–H and O–H groups in total. The van der Waals surface area contributed by atoms with Gasteiger partial charge in [0, 0.05) is 17.6 Å². The summed E-state index contributed by atoms with van der Waals surface area (Å²) in [5.41, 5.74) is 0. The topological polar surface area (TPSA) is 51.2 Å². The third kappa shape index (κ3) is 3.90. The number of methoxy groups -OCH3 is 1. The zero-order valence-corrected chi connectivity index (χ0v) is 10.8. The van der Waals surface area contributed by atoms with Crippen LogP contribution in [0.1, 0.15) is 36.2 Å². The summed E-state index contributed by atoms with van der Waals surface area (Å²) < 4.78 is 4.57. The maximum atomic E-state index is 10.9. The van der Waals surface area contributed by atoms with E-state index in [0.717, 1.165) is 11.4 Å². The van der Waals surface area contributed by atoms with Gasteiger partial charge in [0.1, 0.15) is 5.01 Å². The Bertz CT molecular complexity index is 338. The van der Waals surface area contributed by atoms with Crippen molar-refractivity contribution in [3.63, 3.8) is 0 Å². The Hall–Kier alpha value is -0.940. The SMILES string of the molecule is CCc1cnc(C(C)NCCC(=O)OC)s1. The quantitative estimate of drug-likeness (QED) is 0.774. The highest BCUT2D eigenvalue weighted by Crippen LogP contribution is 2.19. The summed E-state index contributed by atoms with van der Waals surface area (Å²) in [6.07, 6.45) is 3.33. The summed E-state index contributed by atoms with van der Waals surface area (Å²) in [7, 11) is 1.40. The molecule has 0 saturated heterocycles. The van der Waals surface area contributed by atoms with Gasteiger partial charge in [-0.05, 0) is 13.3 Å². The summed E-state index contributed by atoms with van der Waals surface area (Å²) in [6.45, 7) is 4.79. The van der Waals surface area contributed by atoms with E-state index >= 15 is 0 Å². The summed E-state index contributed by atoms with van der Waals surface area (Å²) in [5.74, 6) is -0.187. The van der Waals surface area contributed by atoms with Crippen LogP contribution in [0.5, 0.6) is 0 Å². The minimum atomic E-state index is -0.187. The van der Waals surface area contributed by atoms with Gasteiger partial charge in [-0.15, -0.1) is 11.3 Å². The maximum Gasteiger partial charge on any atom is 0.306 e. The molecule has 0 bridgehead atoms. The second kappa shape index (κ2) is 6.60. The highest BCUT2D eigenvalue weighted by atomic mass is 32.1. The van der Waals surface area contributed by atoms with Gasteiger partial charge in [-0.3, -0.25) is 4.79 Å². The molecule has 4 nitrogen and oxygen atoms in total. The van der Waals surface area contributed by atoms with Crippen molar-refractivity contribution >= 4 is 17.3 Å². The van der Waals surface area contributed by atoms with E-state index in [1.165, 1.54) is 12.0 Å². The number of hydrogen-bond acceptors (Lipinski definition) is 5. The van der Waals surface area contributed by atoms with Crippen molar-refractivity contribution in [2.45, 2.75) is 32.7 Å². The zero-order valence-electron chi connectivity index (χ0n) is 9.95. The molecule has 0 saturated carbocycles. The van der Waals surface area contributed by atoms with Crippen LogP contribution in [0.25, 0.3) is 0 Å². The molecule has 0 amide bonds. The molecule has 1 unspecified atom stereocenters. The summed E-state index contributed by atoms with van der Waals surface area (Å²) in [6, 6.07) is 0.190. The number of rotatable bonds is 6. The molecule has 0 radical (unpaired) electrons. The molecule has 0 fully saturated rings. The molecule has 0 aliphatic carbocycles. The second-order valence-corrected chi connectivity index (χ2v) is 4.67. The molecule has 0 spiro atoms. The van der Waals surface area contributed by atoms with Crippen LogP contribution in [0.3, 0.4) is 0 Å². The molecule has 1 heterocycles. The Kier molecular flexibility index (Phi) is 5.42. The maximum absolute atomic E-state index is 10.9. The van der Waals surface area contributed by atoms with Crippen molar-refractivity contribution in [2.75, 3.05) is 13.7 Å². The van der Waals surface area contributed by atoms with E-state index < -0.39 is 0 Å². The van der Waals surface area contributed by atoms with E-state index in [9.17, 15) is 4.79 Å². The number of nitrogens with one attached hydrogen (secondary N) is 1. The first kappa shape index (κ1) is 13.1. The fourth-order valence-electron chi connectivity index (χ4n) is 1.27. The second-order valence-electron chi connectivity index (χ2n) is 3.52. The van der Waals surface area contributed by atoms with Gasteiger partial charge in [0.15, 0.2) is 0 Å². The third-order valence-corrected chi connectivity index (χ3v) is 3.62. The standard InChI is InChI=1S/C11H18N2O2S/c1-4-9-7-13-11(16-9)8(2)12-6-5-10(14)15-3/h7-8,12H,4-6H2,1-3H3. The zero-order chi connectivity index (χ0) is 12.0. The number of carbonyl (C=O) groups is 1. The number of nitrogens with zero attached hydrogens (tertiary/aromatic N) is 1. The fraction of sp³-hybridized carbons (Fsp3) is 0.636. The smallest absolute Gasteiger partial charge is 0.306 e. The number of aromatic nitrogens is 1. The van der Waals surface area contributed by atoms with E-state index in [1.807, 2.05) is 6.20 Å². The molecule has 0 aromatic carbocycles. The van der Waals surface area contributed by atoms with Crippen LogP contribution in [0.2, 0.25) is 0 Å². The minimum absolute atomic E-state index is 0.187. The first-order chi connectivity index (χ1) is 7.67. The van der Waals surface area contributed by atoms with Gasteiger partial charge in [-0.25, -0.2) is 4.98 Å². The Balaban J connectivity index is 2.34. The first-order valence-corrected chi connectivity index (χ1v) is 6.23. The van der Waals surface area contributed by atoms with Crippen LogP contribution in [0.15, 0.2) is 6.20 Å². The molecule has 0 aliphatic rings. The fourth-order valence-corrected chi connectivity index (χ4v) is 2.15. The highest BCUT2D eigenvalue weighted by molar-refractivity contribution is 7.11. The lowest BCUT2D eigenvalue weighted by Crippen LogP contribution is -2.22. The molecule has 0 aliphatic heterocycles. The molecule has 1 rings (SSSR count). The van der Waals surface area contributed by atoms with E-state index in [0.29, 0.717) is 13.0 Å². The molecule has 1 aromatic heterocycles. The van der Waals surface area contributed by atoms with Crippen LogP contribution in [0, 0.1) is 0 Å². The van der Waals surface area contributed by atoms with E-state index in [1.54, 1.807) is 11.3 Å². The van der Waals surface area contributed by atoms with Gasteiger partial charge in [0.05, 0.1) is 19.6 Å². The number of aryl methyl sites for hydroxylation is 1. The summed E-state index contributed by atoms with van der Waals surface area (Å²) in [4.78, 5) is 16.5. The number of carbonyl (C=O) groups excluding carboxylic acids is 1. The van der Waals surface area contributed by atoms with Crippen molar-refractivity contribution in [1.82, 2.24) is 10.3 Å². The van der Waals surface area contributed by atoms with Gasteiger partial charge in [0.2, 0.25) is 0 Å². The summed E-state index contributed by atoms with van der Waals surface area (Å²) in [5, 5.41) is 4.32. The average Bonchev–Trinajstić information content (AvgIpc) is 2.77. The molecular weight excluding hydrogens is 224 g/mol. The molecule has 90 valence electrons. The lowest BCUT2D eigenvalue weighted by atomic mass is 10.3. The van der Waals surface area contributed by atoms with Crippen LogP contribution >= 0.6 is 11.3 Å². The monoisotopic (exact) mass is 242 g/mol. The van der Waals surface area contributed by atoms with Crippen LogP contribution in [-0.4, -0.2) is 24.6 Å². The van der Waals surface area contributed by atoms with Crippen LogP contribution in [0.4, 0.5) is 0 Å². The van der Waals surface area contributed by atoms with E-state index in [-0.39, 0.29) is 12.0 Å². The Labute approximate surface area is 100 Å². The van der Waals surface area contributed by atoms with Crippen LogP contribution in [-0.2, 0) is 16.0 Å². The number of ether oxygens (including phenoxy) is 1. The lowest BCUT2D eigenvalue weighted by Gasteiger charge is -2.09. The van der Waals surface area contributed by atoms with Crippen molar-refractivity contribution in [2.24, 2.45) is 0 Å². The Morgan fingerprint density at radius 3 is 3.00 bits per heavy atom. The largest absolute Gasteiger partial charge is 0.469 e. The van der Waals surface area contributed by atoms with Crippen molar-refractivity contribution in [3.8, 4) is 0 Å². The van der Waals surface area contributed by atoms with Crippen LogP contribution < -0.4 is 5.32 Å². The van der Waals surface area contributed by atoms with Gasteiger partial charge in [0.25, 0.3) is 0 Å². The Morgan fingerprint density at radius 2 is 2.44 bits per heavy atom. The molecule has 5 heteroatoms. The van der Waals surface area contributed by atoms with E-state index in [4.69, 9.17) is 0 Å². The highest BCUT2D eigenvalue weighted by Gasteiger charge is 2.10. The van der Waals surface area contributed by atoms with Gasteiger partial charge in [-0.1, -0.05) is 6.92 Å². The van der Waals surface area contributed by atoms with Crippen molar-refractivity contribution in [1.29, 1.82) is 0 Å². The van der Waals surface area contributed by atoms with Gasteiger partial charge >= 0.3 is 5.97 Å². The molecule has 1 aromatic rings. The average molecular weight is 242 g/mol. The Morgan fingerprint density at radius 1 is 1.69 bits per heavy atom. The predicted molar refractivity (Wildman–Crippen MR) is 64.5 cm³/mol. The third-order valence-electron chi connectivity index (χ3n) is 2.30. The minimum Gasteiger partial charge on any atom is -0.469 e. The lowest BCUT2D eigenvalue weighted by molar-refractivity contribution is -0.140. The number of esters is 1. The number of thiazole rings is 1. The first-order valence-electron chi connectivity index (χ1n) is 5.42. The van der Waals surface area contributed by atoms with Gasteiger partial charge < -0.3 is 10.1 Å². The molecular formula is C11H18N2O2S. The van der Waals surface area contributed by atoms with Crippen molar-refractivity contribution in [3.05, 3.63) is 16.1 Å². The normalized spacial score (nSPS) is 12.4. The van der Waals surface area contributed by atoms with E-state index in [2.05, 4.69) is 28.9 Å². The number of hydrogen-bond donors (Lipinski definition) is 1. The van der Waals surface area contributed by atoms with Gasteiger partial charge in [-0.2, -0.15) is 0 Å². The molecule has 16 heavy (non-hydrogen) atoms. The summed E-state index contributed by atoms with van der Waals surface area (Å²) >= 11 is 1.72.